The van der Waals surface area contributed by atoms with Gasteiger partial charge in [-0.3, -0.25) is 0 Å². The quantitative estimate of drug-likeness (QED) is 0.844. The summed E-state index contributed by atoms with van der Waals surface area (Å²) in [7, 11) is 0. The first-order chi connectivity index (χ1) is 13.7. The molecule has 1 amide bonds. The molecule has 3 rings (SSSR count). The van der Waals surface area contributed by atoms with Crippen molar-refractivity contribution in [3.05, 3.63) is 65.7 Å². The maximum Gasteiger partial charge on any atom is 0.410 e. The normalized spacial score (nSPS) is 17.1. The van der Waals surface area contributed by atoms with Gasteiger partial charge in [-0.05, 0) is 44.9 Å². The molecule has 0 aromatic heterocycles. The first-order valence-corrected chi connectivity index (χ1v) is 9.85. The molecule has 6 heteroatoms. The van der Waals surface area contributed by atoms with Gasteiger partial charge in [0.15, 0.2) is 0 Å². The third-order valence-corrected chi connectivity index (χ3v) is 4.89. The first-order valence-electron chi connectivity index (χ1n) is 9.85. The van der Waals surface area contributed by atoms with E-state index in [1.165, 1.54) is 0 Å². The molecule has 2 aromatic rings. The molecule has 1 heterocycles. The van der Waals surface area contributed by atoms with Crippen LogP contribution < -0.4 is 4.90 Å². The van der Waals surface area contributed by atoms with Crippen LogP contribution in [0.15, 0.2) is 54.6 Å². The molecule has 154 valence electrons. The summed E-state index contributed by atoms with van der Waals surface area (Å²) >= 11 is 0. The number of carboxylic acid groups (broad SMARTS) is 1. The van der Waals surface area contributed by atoms with Crippen LogP contribution in [0.2, 0.25) is 0 Å². The van der Waals surface area contributed by atoms with Gasteiger partial charge in [-0.25, -0.2) is 9.59 Å². The molecule has 0 radical (unpaired) electrons. The molecule has 1 atom stereocenters. The van der Waals surface area contributed by atoms with E-state index in [1.807, 2.05) is 63.2 Å². The maximum absolute atomic E-state index is 12.6. The molecule has 0 bridgehead atoms. The predicted molar refractivity (Wildman–Crippen MR) is 112 cm³/mol. The zero-order valence-electron chi connectivity index (χ0n) is 17.2. The van der Waals surface area contributed by atoms with Crippen LogP contribution in [-0.2, 0) is 11.2 Å². The second kappa shape index (κ2) is 8.55. The number of carboxylic acids is 1. The van der Waals surface area contributed by atoms with Gasteiger partial charge in [0.2, 0.25) is 0 Å². The van der Waals surface area contributed by atoms with Gasteiger partial charge in [0.25, 0.3) is 0 Å². The van der Waals surface area contributed by atoms with Crippen molar-refractivity contribution in [2.24, 2.45) is 0 Å². The zero-order valence-corrected chi connectivity index (χ0v) is 17.2. The number of para-hydroxylation sites is 1. The molecule has 0 spiro atoms. The lowest BCUT2D eigenvalue weighted by molar-refractivity contribution is 0.0213. The van der Waals surface area contributed by atoms with E-state index >= 15 is 0 Å². The van der Waals surface area contributed by atoms with Crippen LogP contribution in [-0.4, -0.2) is 53.3 Å². The summed E-state index contributed by atoms with van der Waals surface area (Å²) in [6.45, 7) is 7.05. The Morgan fingerprint density at radius 2 is 1.69 bits per heavy atom. The van der Waals surface area contributed by atoms with Gasteiger partial charge < -0.3 is 19.6 Å². The summed E-state index contributed by atoms with van der Waals surface area (Å²) < 4.78 is 5.55. The summed E-state index contributed by atoms with van der Waals surface area (Å²) in [5, 5.41) is 9.63. The van der Waals surface area contributed by atoms with Gasteiger partial charge in [-0.1, -0.05) is 42.5 Å². The first kappa shape index (κ1) is 20.7. The van der Waals surface area contributed by atoms with Crippen LogP contribution in [0.5, 0.6) is 0 Å². The highest BCUT2D eigenvalue weighted by molar-refractivity contribution is 5.94. The second-order valence-corrected chi connectivity index (χ2v) is 8.29. The van der Waals surface area contributed by atoms with Crippen LogP contribution in [0.25, 0.3) is 0 Å². The van der Waals surface area contributed by atoms with Crippen LogP contribution in [0, 0.1) is 0 Å². The third-order valence-electron chi connectivity index (χ3n) is 4.89. The lowest BCUT2D eigenvalue weighted by Crippen LogP contribution is -2.56. The summed E-state index contributed by atoms with van der Waals surface area (Å²) in [5.74, 6) is -0.950. The number of carbonyl (C=O) groups is 2. The molecule has 1 N–H and O–H groups in total. The lowest BCUT2D eigenvalue weighted by Gasteiger charge is -2.43. The third kappa shape index (κ3) is 5.28. The van der Waals surface area contributed by atoms with Gasteiger partial charge in [-0.15, -0.1) is 0 Å². The Labute approximate surface area is 171 Å². The van der Waals surface area contributed by atoms with Crippen molar-refractivity contribution in [3.63, 3.8) is 0 Å². The number of anilines is 1. The number of piperazine rings is 1. The van der Waals surface area contributed by atoms with E-state index in [0.717, 1.165) is 5.56 Å². The number of hydrogen-bond acceptors (Lipinski definition) is 4. The largest absolute Gasteiger partial charge is 0.478 e. The van der Waals surface area contributed by atoms with Gasteiger partial charge in [-0.2, -0.15) is 0 Å². The minimum Gasteiger partial charge on any atom is -0.478 e. The van der Waals surface area contributed by atoms with Crippen LogP contribution >= 0.6 is 0 Å². The number of rotatable bonds is 4. The van der Waals surface area contributed by atoms with Gasteiger partial charge in [0, 0.05) is 19.6 Å². The van der Waals surface area contributed by atoms with Gasteiger partial charge >= 0.3 is 12.1 Å². The molecule has 0 aliphatic carbocycles. The van der Waals surface area contributed by atoms with E-state index in [-0.39, 0.29) is 17.7 Å². The van der Waals surface area contributed by atoms with Crippen molar-refractivity contribution >= 4 is 17.7 Å². The fourth-order valence-corrected chi connectivity index (χ4v) is 3.63. The average Bonchev–Trinajstić information content (AvgIpc) is 2.67. The standard InChI is InChI=1S/C23H28N2O4/c1-23(2,3)29-22(28)24-13-14-25(20-12-8-7-11-19(20)21(26)27)18(16-24)15-17-9-5-4-6-10-17/h4-12,18H,13-16H2,1-3H3,(H,26,27). The van der Waals surface area contributed by atoms with E-state index in [4.69, 9.17) is 4.74 Å². The van der Waals surface area contributed by atoms with Gasteiger partial charge in [0.1, 0.15) is 5.60 Å². The predicted octanol–water partition coefficient (Wildman–Crippen LogP) is 4.05. The summed E-state index contributed by atoms with van der Waals surface area (Å²) in [5.41, 5.74) is 1.54. The Hall–Kier alpha value is -3.02. The minimum absolute atomic E-state index is 0.0563. The van der Waals surface area contributed by atoms with Crippen molar-refractivity contribution < 1.29 is 19.4 Å². The molecular weight excluding hydrogens is 368 g/mol. The Morgan fingerprint density at radius 3 is 2.34 bits per heavy atom. The highest BCUT2D eigenvalue weighted by Gasteiger charge is 2.33. The second-order valence-electron chi connectivity index (χ2n) is 8.29. The molecule has 1 fully saturated rings. The molecule has 0 saturated carbocycles. The Bertz CT molecular complexity index is 861. The molecule has 1 unspecified atom stereocenters. The summed E-state index contributed by atoms with van der Waals surface area (Å²) in [6, 6.07) is 17.0. The fourth-order valence-electron chi connectivity index (χ4n) is 3.63. The van der Waals surface area contributed by atoms with Crippen LogP contribution in [0.1, 0.15) is 36.7 Å². The van der Waals surface area contributed by atoms with E-state index in [1.54, 1.807) is 17.0 Å². The number of ether oxygens (including phenoxy) is 1. The van der Waals surface area contributed by atoms with E-state index < -0.39 is 11.6 Å². The summed E-state index contributed by atoms with van der Waals surface area (Å²) in [6.07, 6.45) is 0.371. The Balaban J connectivity index is 1.88. The van der Waals surface area contributed by atoms with Crippen molar-refractivity contribution in [1.29, 1.82) is 0 Å². The Kier molecular flexibility index (Phi) is 6.11. The Morgan fingerprint density at radius 1 is 1.03 bits per heavy atom. The number of carbonyl (C=O) groups excluding carboxylic acids is 1. The molecular formula is C23H28N2O4. The average molecular weight is 396 g/mol. The maximum atomic E-state index is 12.6. The molecule has 29 heavy (non-hydrogen) atoms. The highest BCUT2D eigenvalue weighted by Crippen LogP contribution is 2.27. The number of hydrogen-bond donors (Lipinski definition) is 1. The number of amides is 1. The lowest BCUT2D eigenvalue weighted by atomic mass is 10.00. The molecule has 1 aliphatic heterocycles. The van der Waals surface area contributed by atoms with E-state index in [2.05, 4.69) is 4.90 Å². The number of benzene rings is 2. The van der Waals surface area contributed by atoms with Crippen LogP contribution in [0.3, 0.4) is 0 Å². The monoisotopic (exact) mass is 396 g/mol. The summed E-state index contributed by atoms with van der Waals surface area (Å²) in [4.78, 5) is 28.2. The number of aromatic carboxylic acids is 1. The zero-order chi connectivity index (χ0) is 21.0. The van der Waals surface area contributed by atoms with E-state index in [9.17, 15) is 14.7 Å². The van der Waals surface area contributed by atoms with Gasteiger partial charge in [0.05, 0.1) is 17.3 Å². The van der Waals surface area contributed by atoms with Crippen molar-refractivity contribution in [2.45, 2.75) is 38.8 Å². The minimum atomic E-state index is -0.950. The van der Waals surface area contributed by atoms with Crippen molar-refractivity contribution in [2.75, 3.05) is 24.5 Å². The van der Waals surface area contributed by atoms with Crippen molar-refractivity contribution in [3.8, 4) is 0 Å². The smallest absolute Gasteiger partial charge is 0.410 e. The molecule has 1 saturated heterocycles. The van der Waals surface area contributed by atoms with Crippen LogP contribution in [0.4, 0.5) is 10.5 Å². The molecule has 1 aliphatic rings. The topological polar surface area (TPSA) is 70.1 Å². The fraction of sp³-hybridized carbons (Fsp3) is 0.391. The highest BCUT2D eigenvalue weighted by atomic mass is 16.6. The SMILES string of the molecule is CC(C)(C)OC(=O)N1CCN(c2ccccc2C(=O)O)C(Cc2ccccc2)C1. The molecule has 2 aromatic carbocycles. The number of nitrogens with zero attached hydrogens (tertiary/aromatic N) is 2. The molecule has 6 nitrogen and oxygen atoms in total. The van der Waals surface area contributed by atoms with E-state index in [0.29, 0.717) is 31.7 Å². The van der Waals surface area contributed by atoms with Crippen molar-refractivity contribution in [1.82, 2.24) is 4.90 Å².